The Morgan fingerprint density at radius 2 is 2.09 bits per heavy atom. The van der Waals surface area contributed by atoms with E-state index in [1.807, 2.05) is 13.8 Å². The van der Waals surface area contributed by atoms with Crippen molar-refractivity contribution in [2.45, 2.75) is 46.1 Å². The smallest absolute Gasteiger partial charge is 0.161 e. The molecule has 0 saturated heterocycles. The molecule has 0 N–H and O–H groups in total. The fourth-order valence-corrected chi connectivity index (χ4v) is 0.897. The summed E-state index contributed by atoms with van der Waals surface area (Å²) >= 11 is 0. The van der Waals surface area contributed by atoms with E-state index < -0.39 is 0 Å². The molecule has 1 atom stereocenters. The van der Waals surface area contributed by atoms with Crippen molar-refractivity contribution in [3.63, 3.8) is 0 Å². The van der Waals surface area contributed by atoms with Gasteiger partial charge in [-0.1, -0.05) is 13.3 Å². The van der Waals surface area contributed by atoms with Gasteiger partial charge in [-0.15, -0.1) is 0 Å². The lowest BCUT2D eigenvalue weighted by Gasteiger charge is -2.08. The molecule has 0 rings (SSSR count). The van der Waals surface area contributed by atoms with Crippen molar-refractivity contribution in [1.82, 2.24) is 0 Å². The monoisotopic (exact) mass is 158 g/mol. The molecule has 2 heteroatoms. The van der Waals surface area contributed by atoms with Crippen molar-refractivity contribution < 1.29 is 9.53 Å². The van der Waals surface area contributed by atoms with Gasteiger partial charge in [0.15, 0.2) is 5.78 Å². The summed E-state index contributed by atoms with van der Waals surface area (Å²) < 4.78 is 5.15. The summed E-state index contributed by atoms with van der Waals surface area (Å²) in [6, 6.07) is 0. The summed E-state index contributed by atoms with van der Waals surface area (Å²) in [6.45, 7) is 6.43. The predicted molar refractivity (Wildman–Crippen MR) is 45.6 cm³/mol. The molecule has 11 heavy (non-hydrogen) atoms. The van der Waals surface area contributed by atoms with Gasteiger partial charge in [-0.25, -0.2) is 0 Å². The lowest BCUT2D eigenvalue weighted by atomic mass is 10.1. The van der Waals surface area contributed by atoms with Crippen LogP contribution in [0.25, 0.3) is 0 Å². The zero-order valence-electron chi connectivity index (χ0n) is 7.72. The lowest BCUT2D eigenvalue weighted by Crippen LogP contribution is -2.20. The van der Waals surface area contributed by atoms with E-state index in [0.717, 1.165) is 12.8 Å². The van der Waals surface area contributed by atoms with Crippen LogP contribution in [0.15, 0.2) is 0 Å². The summed E-state index contributed by atoms with van der Waals surface area (Å²) in [6.07, 6.45) is 2.52. The van der Waals surface area contributed by atoms with Crippen molar-refractivity contribution in [3.05, 3.63) is 0 Å². The number of hydrogen-bond acceptors (Lipinski definition) is 2. The van der Waals surface area contributed by atoms with Crippen LogP contribution in [0.4, 0.5) is 0 Å². The normalized spacial score (nSPS) is 13.0. The van der Waals surface area contributed by atoms with E-state index in [1.165, 1.54) is 0 Å². The number of unbranched alkanes of at least 4 members (excludes halogenated alkanes) is 1. The quantitative estimate of drug-likeness (QED) is 0.592. The van der Waals surface area contributed by atoms with Crippen LogP contribution in [0.2, 0.25) is 0 Å². The van der Waals surface area contributed by atoms with E-state index in [-0.39, 0.29) is 11.9 Å². The number of hydrogen-bond donors (Lipinski definition) is 0. The van der Waals surface area contributed by atoms with Crippen LogP contribution < -0.4 is 0 Å². The molecule has 0 aromatic heterocycles. The second-order valence-corrected chi connectivity index (χ2v) is 2.67. The van der Waals surface area contributed by atoms with Crippen LogP contribution in [-0.4, -0.2) is 18.5 Å². The minimum absolute atomic E-state index is 0.202. The molecule has 0 amide bonds. The first-order chi connectivity index (χ1) is 5.22. The molecule has 0 fully saturated rings. The highest BCUT2D eigenvalue weighted by Gasteiger charge is 2.10. The van der Waals surface area contributed by atoms with Crippen molar-refractivity contribution in [2.24, 2.45) is 0 Å². The molecular weight excluding hydrogens is 140 g/mol. The predicted octanol–water partition coefficient (Wildman–Crippen LogP) is 2.17. The number of rotatable bonds is 6. The highest BCUT2D eigenvalue weighted by molar-refractivity contribution is 5.82. The highest BCUT2D eigenvalue weighted by atomic mass is 16.5. The van der Waals surface area contributed by atoms with Crippen LogP contribution in [0, 0.1) is 0 Å². The Balaban J connectivity index is 3.47. The van der Waals surface area contributed by atoms with Gasteiger partial charge in [-0.2, -0.15) is 0 Å². The number of ketones is 1. The third kappa shape index (κ3) is 4.96. The van der Waals surface area contributed by atoms with E-state index in [9.17, 15) is 4.79 Å². The molecule has 1 unspecified atom stereocenters. The Morgan fingerprint density at radius 1 is 1.45 bits per heavy atom. The van der Waals surface area contributed by atoms with E-state index >= 15 is 0 Å². The molecule has 0 spiro atoms. The first-order valence-electron chi connectivity index (χ1n) is 4.36. The van der Waals surface area contributed by atoms with Gasteiger partial charge in [0.2, 0.25) is 0 Å². The van der Waals surface area contributed by atoms with Crippen LogP contribution >= 0.6 is 0 Å². The Bertz CT molecular complexity index is 110. The summed E-state index contributed by atoms with van der Waals surface area (Å²) in [4.78, 5) is 11.2. The van der Waals surface area contributed by atoms with E-state index in [2.05, 4.69) is 6.92 Å². The average Bonchev–Trinajstić information content (AvgIpc) is 2.00. The Hall–Kier alpha value is -0.370. The standard InChI is InChI=1S/C9H18O2/c1-4-6-7-9(10)8(3)11-5-2/h8H,4-7H2,1-3H3. The molecule has 0 bridgehead atoms. The Labute approximate surface area is 68.9 Å². The molecular formula is C9H18O2. The van der Waals surface area contributed by atoms with Crippen LogP contribution in [0.3, 0.4) is 0 Å². The zero-order valence-corrected chi connectivity index (χ0v) is 7.72. The fraction of sp³-hybridized carbons (Fsp3) is 0.889. The molecule has 0 aliphatic heterocycles. The SMILES string of the molecule is CCCCC(=O)C(C)OCC. The summed E-state index contributed by atoms with van der Waals surface area (Å²) in [5.41, 5.74) is 0. The van der Waals surface area contributed by atoms with Crippen molar-refractivity contribution in [3.8, 4) is 0 Å². The molecule has 0 aromatic carbocycles. The van der Waals surface area contributed by atoms with Gasteiger partial charge in [0.25, 0.3) is 0 Å². The first-order valence-corrected chi connectivity index (χ1v) is 4.36. The summed E-state index contributed by atoms with van der Waals surface area (Å²) in [7, 11) is 0. The van der Waals surface area contributed by atoms with Gasteiger partial charge in [0.05, 0.1) is 0 Å². The second-order valence-electron chi connectivity index (χ2n) is 2.67. The van der Waals surface area contributed by atoms with Crippen LogP contribution in [0.1, 0.15) is 40.0 Å². The molecule has 2 nitrogen and oxygen atoms in total. The lowest BCUT2D eigenvalue weighted by molar-refractivity contribution is -0.129. The van der Waals surface area contributed by atoms with Crippen molar-refractivity contribution in [2.75, 3.05) is 6.61 Å². The van der Waals surface area contributed by atoms with Gasteiger partial charge in [0.1, 0.15) is 6.10 Å². The molecule has 0 heterocycles. The zero-order chi connectivity index (χ0) is 8.69. The number of carbonyl (C=O) groups excluding carboxylic acids is 1. The minimum atomic E-state index is -0.202. The maximum atomic E-state index is 11.2. The third-order valence-electron chi connectivity index (χ3n) is 1.65. The number of carbonyl (C=O) groups is 1. The van der Waals surface area contributed by atoms with Crippen molar-refractivity contribution in [1.29, 1.82) is 0 Å². The van der Waals surface area contributed by atoms with Crippen LogP contribution in [0.5, 0.6) is 0 Å². The maximum Gasteiger partial charge on any atom is 0.161 e. The highest BCUT2D eigenvalue weighted by Crippen LogP contribution is 2.01. The maximum absolute atomic E-state index is 11.2. The summed E-state index contributed by atoms with van der Waals surface area (Å²) in [5, 5.41) is 0. The largest absolute Gasteiger partial charge is 0.371 e. The Morgan fingerprint density at radius 3 is 2.55 bits per heavy atom. The van der Waals surface area contributed by atoms with E-state index in [0.29, 0.717) is 13.0 Å². The van der Waals surface area contributed by atoms with Gasteiger partial charge >= 0.3 is 0 Å². The van der Waals surface area contributed by atoms with Crippen molar-refractivity contribution >= 4 is 5.78 Å². The van der Waals surface area contributed by atoms with Crippen LogP contribution in [-0.2, 0) is 9.53 Å². The van der Waals surface area contributed by atoms with Gasteiger partial charge in [-0.3, -0.25) is 4.79 Å². The summed E-state index contributed by atoms with van der Waals surface area (Å²) in [5.74, 6) is 0.230. The topological polar surface area (TPSA) is 26.3 Å². The second kappa shape index (κ2) is 6.35. The molecule has 0 aliphatic carbocycles. The number of Topliss-reactive ketones (excluding diaryl/α,β-unsaturated/α-hetero) is 1. The Kier molecular flexibility index (Phi) is 6.13. The third-order valence-corrected chi connectivity index (χ3v) is 1.65. The van der Waals surface area contributed by atoms with Gasteiger partial charge < -0.3 is 4.74 Å². The average molecular weight is 158 g/mol. The first kappa shape index (κ1) is 10.6. The molecule has 66 valence electrons. The number of ether oxygens (including phenoxy) is 1. The molecule has 0 aromatic rings. The van der Waals surface area contributed by atoms with Gasteiger partial charge in [0, 0.05) is 13.0 Å². The fourth-order valence-electron chi connectivity index (χ4n) is 0.897. The van der Waals surface area contributed by atoms with E-state index in [4.69, 9.17) is 4.74 Å². The van der Waals surface area contributed by atoms with E-state index in [1.54, 1.807) is 0 Å². The van der Waals surface area contributed by atoms with Gasteiger partial charge in [-0.05, 0) is 20.3 Å². The minimum Gasteiger partial charge on any atom is -0.371 e. The molecule has 0 aliphatic rings. The molecule has 0 radical (unpaired) electrons. The molecule has 0 saturated carbocycles.